The van der Waals surface area contributed by atoms with Gasteiger partial charge in [-0.1, -0.05) is 30.3 Å². The Hall–Kier alpha value is -2.41. The third-order valence-corrected chi connectivity index (χ3v) is 5.80. The third-order valence-electron chi connectivity index (χ3n) is 5.80. The summed E-state index contributed by atoms with van der Waals surface area (Å²) in [5.74, 6) is 0.895. The number of hydrogen-bond acceptors (Lipinski definition) is 4. The SMILES string of the molecule is Cn1nc2n(c1=O)CC(C(=O)N1CCN(CCc3ccccc3)CC1)CC2. The Morgan fingerprint density at radius 3 is 2.63 bits per heavy atom. The van der Waals surface area contributed by atoms with E-state index in [1.165, 1.54) is 10.2 Å². The van der Waals surface area contributed by atoms with Crippen LogP contribution in [0.1, 0.15) is 17.8 Å². The predicted molar refractivity (Wildman–Crippen MR) is 102 cm³/mol. The first kappa shape index (κ1) is 18.0. The number of aromatic nitrogens is 3. The fourth-order valence-electron chi connectivity index (χ4n) is 4.12. The molecule has 0 spiro atoms. The maximum absolute atomic E-state index is 12.9. The third kappa shape index (κ3) is 3.83. The summed E-state index contributed by atoms with van der Waals surface area (Å²) in [7, 11) is 1.67. The van der Waals surface area contributed by atoms with E-state index in [2.05, 4.69) is 34.3 Å². The fraction of sp³-hybridized carbons (Fsp3) is 0.550. The Morgan fingerprint density at radius 2 is 1.89 bits per heavy atom. The zero-order valence-electron chi connectivity index (χ0n) is 15.9. The van der Waals surface area contributed by atoms with Gasteiger partial charge in [0.15, 0.2) is 0 Å². The van der Waals surface area contributed by atoms with Crippen LogP contribution in [0.25, 0.3) is 0 Å². The van der Waals surface area contributed by atoms with Gasteiger partial charge in [0, 0.05) is 52.7 Å². The molecular formula is C20H27N5O2. The average Bonchev–Trinajstić information content (AvgIpc) is 3.00. The monoisotopic (exact) mass is 369 g/mol. The van der Waals surface area contributed by atoms with Gasteiger partial charge in [0.05, 0.1) is 5.92 Å². The number of benzene rings is 1. The van der Waals surface area contributed by atoms with E-state index >= 15 is 0 Å². The molecule has 2 aliphatic rings. The molecule has 1 saturated heterocycles. The maximum Gasteiger partial charge on any atom is 0.345 e. The van der Waals surface area contributed by atoms with Gasteiger partial charge in [-0.25, -0.2) is 9.48 Å². The van der Waals surface area contributed by atoms with E-state index in [-0.39, 0.29) is 17.5 Å². The van der Waals surface area contributed by atoms with E-state index in [9.17, 15) is 9.59 Å². The molecule has 0 radical (unpaired) electrons. The first-order valence-corrected chi connectivity index (χ1v) is 9.79. The number of piperazine rings is 1. The molecule has 4 rings (SSSR count). The molecule has 1 amide bonds. The lowest BCUT2D eigenvalue weighted by Crippen LogP contribution is -2.51. The highest BCUT2D eigenvalue weighted by atomic mass is 16.2. The zero-order chi connectivity index (χ0) is 18.8. The normalized spacial score (nSPS) is 20.5. The number of fused-ring (bicyclic) bond motifs is 1. The van der Waals surface area contributed by atoms with Gasteiger partial charge in [-0.3, -0.25) is 14.3 Å². The van der Waals surface area contributed by atoms with Crippen molar-refractivity contribution in [1.29, 1.82) is 0 Å². The number of aryl methyl sites for hydroxylation is 2. The number of carbonyl (C=O) groups excluding carboxylic acids is 1. The van der Waals surface area contributed by atoms with Gasteiger partial charge >= 0.3 is 5.69 Å². The van der Waals surface area contributed by atoms with E-state index in [0.29, 0.717) is 13.0 Å². The maximum atomic E-state index is 12.9. The van der Waals surface area contributed by atoms with Crippen molar-refractivity contribution < 1.29 is 4.79 Å². The minimum Gasteiger partial charge on any atom is -0.340 e. The molecule has 2 aromatic rings. The minimum atomic E-state index is -0.117. The smallest absolute Gasteiger partial charge is 0.340 e. The quantitative estimate of drug-likeness (QED) is 0.789. The number of rotatable bonds is 4. The summed E-state index contributed by atoms with van der Waals surface area (Å²) in [6.07, 6.45) is 2.52. The van der Waals surface area contributed by atoms with E-state index < -0.39 is 0 Å². The van der Waals surface area contributed by atoms with Gasteiger partial charge < -0.3 is 4.90 Å². The van der Waals surface area contributed by atoms with Crippen molar-refractivity contribution in [3.63, 3.8) is 0 Å². The largest absolute Gasteiger partial charge is 0.345 e. The molecule has 144 valence electrons. The second-order valence-corrected chi connectivity index (χ2v) is 7.57. The van der Waals surface area contributed by atoms with Crippen molar-refractivity contribution in [1.82, 2.24) is 24.1 Å². The van der Waals surface area contributed by atoms with Crippen molar-refractivity contribution in [3.8, 4) is 0 Å². The molecule has 1 aromatic heterocycles. The summed E-state index contributed by atoms with van der Waals surface area (Å²) < 4.78 is 3.04. The molecule has 0 saturated carbocycles. The number of nitrogens with zero attached hydrogens (tertiary/aromatic N) is 5. The van der Waals surface area contributed by atoms with Crippen LogP contribution in [0.5, 0.6) is 0 Å². The highest BCUT2D eigenvalue weighted by Gasteiger charge is 2.32. The fourth-order valence-corrected chi connectivity index (χ4v) is 4.12. The predicted octanol–water partition coefficient (Wildman–Crippen LogP) is 0.531. The minimum absolute atomic E-state index is 0.102. The highest BCUT2D eigenvalue weighted by Crippen LogP contribution is 2.20. The van der Waals surface area contributed by atoms with Crippen LogP contribution in [0.2, 0.25) is 0 Å². The van der Waals surface area contributed by atoms with Gasteiger partial charge in [0.2, 0.25) is 5.91 Å². The Kier molecular flexibility index (Phi) is 5.11. The number of hydrogen-bond donors (Lipinski definition) is 0. The lowest BCUT2D eigenvalue weighted by molar-refractivity contribution is -0.138. The Labute approximate surface area is 159 Å². The second kappa shape index (κ2) is 7.68. The lowest BCUT2D eigenvalue weighted by Gasteiger charge is -2.37. The Morgan fingerprint density at radius 1 is 1.15 bits per heavy atom. The summed E-state index contributed by atoms with van der Waals surface area (Å²) >= 11 is 0. The van der Waals surface area contributed by atoms with E-state index in [0.717, 1.165) is 51.4 Å². The molecule has 2 aliphatic heterocycles. The molecular weight excluding hydrogens is 342 g/mol. The molecule has 7 nitrogen and oxygen atoms in total. The van der Waals surface area contributed by atoms with Crippen LogP contribution in [0.4, 0.5) is 0 Å². The highest BCUT2D eigenvalue weighted by molar-refractivity contribution is 5.79. The molecule has 1 unspecified atom stereocenters. The Balaban J connectivity index is 1.29. The van der Waals surface area contributed by atoms with Gasteiger partial charge in [-0.2, -0.15) is 5.10 Å². The molecule has 0 N–H and O–H groups in total. The van der Waals surface area contributed by atoms with Crippen molar-refractivity contribution in [2.45, 2.75) is 25.8 Å². The van der Waals surface area contributed by atoms with Crippen molar-refractivity contribution in [2.24, 2.45) is 13.0 Å². The second-order valence-electron chi connectivity index (χ2n) is 7.57. The summed E-state index contributed by atoms with van der Waals surface area (Å²) in [6.45, 7) is 4.89. The van der Waals surface area contributed by atoms with Crippen molar-refractivity contribution in [2.75, 3.05) is 32.7 Å². The summed E-state index contributed by atoms with van der Waals surface area (Å²) in [4.78, 5) is 29.5. The van der Waals surface area contributed by atoms with Crippen LogP contribution < -0.4 is 5.69 Å². The van der Waals surface area contributed by atoms with Gasteiger partial charge in [0.25, 0.3) is 0 Å². The molecule has 27 heavy (non-hydrogen) atoms. The first-order chi connectivity index (χ1) is 13.1. The topological polar surface area (TPSA) is 63.4 Å². The van der Waals surface area contributed by atoms with Crippen LogP contribution in [0.15, 0.2) is 35.1 Å². The van der Waals surface area contributed by atoms with Crippen LogP contribution in [0.3, 0.4) is 0 Å². The van der Waals surface area contributed by atoms with Crippen molar-refractivity contribution >= 4 is 5.91 Å². The summed E-state index contributed by atoms with van der Waals surface area (Å²) in [6, 6.07) is 10.5. The number of amides is 1. The van der Waals surface area contributed by atoms with Crippen LogP contribution in [-0.2, 0) is 31.2 Å². The standard InChI is InChI=1S/C20H27N5O2/c1-22-20(27)25-15-17(7-8-18(25)21-22)19(26)24-13-11-23(12-14-24)10-9-16-5-3-2-4-6-16/h2-6,17H,7-15H2,1H3. The van der Waals surface area contributed by atoms with E-state index in [1.54, 1.807) is 11.6 Å². The first-order valence-electron chi connectivity index (χ1n) is 9.79. The molecule has 1 aromatic carbocycles. The molecule has 0 bridgehead atoms. The Bertz CT molecular complexity index is 849. The van der Waals surface area contributed by atoms with E-state index in [4.69, 9.17) is 0 Å². The number of carbonyl (C=O) groups is 1. The molecule has 0 aliphatic carbocycles. The molecule has 1 atom stereocenters. The van der Waals surface area contributed by atoms with Crippen LogP contribution in [-0.4, -0.2) is 62.8 Å². The van der Waals surface area contributed by atoms with Crippen LogP contribution >= 0.6 is 0 Å². The van der Waals surface area contributed by atoms with Gasteiger partial charge in [0.1, 0.15) is 5.82 Å². The summed E-state index contributed by atoms with van der Waals surface area (Å²) in [5.41, 5.74) is 1.24. The molecule has 3 heterocycles. The lowest BCUT2D eigenvalue weighted by atomic mass is 9.97. The van der Waals surface area contributed by atoms with Gasteiger partial charge in [-0.05, 0) is 18.4 Å². The molecule has 1 fully saturated rings. The summed E-state index contributed by atoms with van der Waals surface area (Å²) in [5, 5.41) is 4.25. The zero-order valence-corrected chi connectivity index (χ0v) is 15.9. The van der Waals surface area contributed by atoms with Gasteiger partial charge in [-0.15, -0.1) is 0 Å². The average molecular weight is 369 g/mol. The van der Waals surface area contributed by atoms with E-state index in [1.807, 2.05) is 11.0 Å². The molecule has 7 heteroatoms. The van der Waals surface area contributed by atoms with Crippen LogP contribution in [0, 0.1) is 5.92 Å². The van der Waals surface area contributed by atoms with Crippen molar-refractivity contribution in [3.05, 3.63) is 52.2 Å².